The summed E-state index contributed by atoms with van der Waals surface area (Å²) in [5.74, 6) is -0.0402. The minimum absolute atomic E-state index is 0.0596. The van der Waals surface area contributed by atoms with E-state index in [1.165, 1.54) is 16.9 Å². The SMILES string of the molecule is N#CCNC(=O)C(CSCc1ccccc1)c1sccc1C(N)=O. The number of carbonyl (C=O) groups excluding carboxylic acids is 2. The standard InChI is InChI=1S/C17H17N3O2S2/c18-7-8-20-17(22)14(15-13(16(19)21)6-9-24-15)11-23-10-12-4-2-1-3-5-12/h1-6,9,14H,8,10-11H2,(H2,19,21)(H,20,22). The summed E-state index contributed by atoms with van der Waals surface area (Å²) >= 11 is 2.94. The van der Waals surface area contributed by atoms with Gasteiger partial charge in [0.2, 0.25) is 11.8 Å². The van der Waals surface area contributed by atoms with Crippen LogP contribution in [-0.4, -0.2) is 24.1 Å². The Hall–Kier alpha value is -2.30. The second-order valence-electron chi connectivity index (χ2n) is 4.99. The lowest BCUT2D eigenvalue weighted by atomic mass is 10.0. The number of thiophene rings is 1. The zero-order chi connectivity index (χ0) is 17.4. The van der Waals surface area contributed by atoms with Crippen LogP contribution in [0.4, 0.5) is 0 Å². The van der Waals surface area contributed by atoms with Crippen LogP contribution in [0.3, 0.4) is 0 Å². The van der Waals surface area contributed by atoms with Gasteiger partial charge >= 0.3 is 0 Å². The Morgan fingerprint density at radius 1 is 1.29 bits per heavy atom. The van der Waals surface area contributed by atoms with E-state index >= 15 is 0 Å². The number of hydrogen-bond acceptors (Lipinski definition) is 5. The summed E-state index contributed by atoms with van der Waals surface area (Å²) in [6.07, 6.45) is 0. The zero-order valence-electron chi connectivity index (χ0n) is 12.9. The largest absolute Gasteiger partial charge is 0.366 e. The number of amides is 2. The molecule has 2 aromatic rings. The Morgan fingerprint density at radius 3 is 2.71 bits per heavy atom. The number of nitriles is 1. The first-order chi connectivity index (χ1) is 11.6. The summed E-state index contributed by atoms with van der Waals surface area (Å²) in [5.41, 5.74) is 6.93. The average Bonchev–Trinajstić information content (AvgIpc) is 3.07. The van der Waals surface area contributed by atoms with Gasteiger partial charge in [-0.3, -0.25) is 9.59 Å². The third-order valence-corrected chi connectivity index (χ3v) is 5.47. The van der Waals surface area contributed by atoms with Crippen LogP contribution in [0.1, 0.15) is 26.7 Å². The average molecular weight is 359 g/mol. The molecule has 24 heavy (non-hydrogen) atoms. The maximum Gasteiger partial charge on any atom is 0.249 e. The number of carbonyl (C=O) groups is 2. The predicted molar refractivity (Wildman–Crippen MR) is 96.8 cm³/mol. The van der Waals surface area contributed by atoms with Crippen molar-refractivity contribution in [3.8, 4) is 6.07 Å². The van der Waals surface area contributed by atoms with Gasteiger partial charge in [-0.25, -0.2) is 0 Å². The molecule has 0 saturated carbocycles. The molecule has 7 heteroatoms. The van der Waals surface area contributed by atoms with Crippen molar-refractivity contribution in [2.75, 3.05) is 12.3 Å². The van der Waals surface area contributed by atoms with Gasteiger partial charge in [-0.05, 0) is 17.0 Å². The van der Waals surface area contributed by atoms with Crippen LogP contribution in [0, 0.1) is 11.3 Å². The number of primary amides is 1. The summed E-state index contributed by atoms with van der Waals surface area (Å²) in [4.78, 5) is 24.6. The first kappa shape index (κ1) is 18.0. The Labute approximate surface area is 148 Å². The molecule has 0 radical (unpaired) electrons. The Morgan fingerprint density at radius 2 is 2.04 bits per heavy atom. The fraction of sp³-hybridized carbons (Fsp3) is 0.235. The van der Waals surface area contributed by atoms with Crippen molar-refractivity contribution in [1.29, 1.82) is 5.26 Å². The molecule has 0 bridgehead atoms. The lowest BCUT2D eigenvalue weighted by Gasteiger charge is -2.15. The molecular weight excluding hydrogens is 342 g/mol. The predicted octanol–water partition coefficient (Wildman–Crippen LogP) is 2.50. The Balaban J connectivity index is 2.11. The van der Waals surface area contributed by atoms with Gasteiger partial charge in [0.1, 0.15) is 6.54 Å². The maximum atomic E-state index is 12.4. The molecule has 5 nitrogen and oxygen atoms in total. The molecule has 1 heterocycles. The van der Waals surface area contributed by atoms with Crippen LogP contribution in [-0.2, 0) is 10.5 Å². The van der Waals surface area contributed by atoms with Gasteiger partial charge < -0.3 is 11.1 Å². The fourth-order valence-corrected chi connectivity index (χ4v) is 4.39. The lowest BCUT2D eigenvalue weighted by molar-refractivity contribution is -0.121. The molecule has 1 unspecified atom stereocenters. The smallest absolute Gasteiger partial charge is 0.249 e. The monoisotopic (exact) mass is 359 g/mol. The van der Waals surface area contributed by atoms with Crippen LogP contribution in [0.5, 0.6) is 0 Å². The van der Waals surface area contributed by atoms with Gasteiger partial charge in [0.15, 0.2) is 0 Å². The molecule has 124 valence electrons. The third kappa shape index (κ3) is 4.85. The Kier molecular flexibility index (Phi) is 6.85. The van der Waals surface area contributed by atoms with E-state index < -0.39 is 11.8 Å². The van der Waals surface area contributed by atoms with E-state index in [2.05, 4.69) is 5.32 Å². The van der Waals surface area contributed by atoms with Gasteiger partial charge in [-0.2, -0.15) is 17.0 Å². The van der Waals surface area contributed by atoms with Crippen LogP contribution >= 0.6 is 23.1 Å². The van der Waals surface area contributed by atoms with Crippen LogP contribution in [0.15, 0.2) is 41.8 Å². The summed E-state index contributed by atoms with van der Waals surface area (Å²) < 4.78 is 0. The van der Waals surface area contributed by atoms with Gasteiger partial charge in [0.25, 0.3) is 0 Å². The second kappa shape index (κ2) is 9.11. The van der Waals surface area contributed by atoms with Gasteiger partial charge in [0, 0.05) is 16.4 Å². The Bertz CT molecular complexity index is 738. The summed E-state index contributed by atoms with van der Waals surface area (Å²) in [6, 6.07) is 13.5. The highest BCUT2D eigenvalue weighted by Gasteiger charge is 2.26. The van der Waals surface area contributed by atoms with E-state index in [9.17, 15) is 9.59 Å². The highest BCUT2D eigenvalue weighted by Crippen LogP contribution is 2.30. The molecule has 3 N–H and O–H groups in total. The van der Waals surface area contributed by atoms with Crippen LogP contribution in [0.25, 0.3) is 0 Å². The highest BCUT2D eigenvalue weighted by atomic mass is 32.2. The summed E-state index contributed by atoms with van der Waals surface area (Å²) in [7, 11) is 0. The minimum atomic E-state index is -0.544. The van der Waals surface area contributed by atoms with Crippen LogP contribution < -0.4 is 11.1 Å². The van der Waals surface area contributed by atoms with Crippen molar-refractivity contribution < 1.29 is 9.59 Å². The van der Waals surface area contributed by atoms with Crippen molar-refractivity contribution >= 4 is 34.9 Å². The first-order valence-electron chi connectivity index (χ1n) is 7.27. The lowest BCUT2D eigenvalue weighted by Crippen LogP contribution is -2.31. The fourth-order valence-electron chi connectivity index (χ4n) is 2.18. The molecule has 0 aliphatic heterocycles. The van der Waals surface area contributed by atoms with Crippen LogP contribution in [0.2, 0.25) is 0 Å². The molecule has 1 aromatic heterocycles. The number of benzene rings is 1. The van der Waals surface area contributed by atoms with E-state index in [-0.39, 0.29) is 12.5 Å². The number of thioether (sulfide) groups is 1. The van der Waals surface area contributed by atoms with Crippen molar-refractivity contribution in [3.63, 3.8) is 0 Å². The molecule has 0 fully saturated rings. The molecule has 0 saturated heterocycles. The van der Waals surface area contributed by atoms with Crippen molar-refractivity contribution in [2.45, 2.75) is 11.7 Å². The van der Waals surface area contributed by atoms with Gasteiger partial charge in [0.05, 0.1) is 17.6 Å². The topological polar surface area (TPSA) is 96.0 Å². The molecule has 0 aliphatic rings. The minimum Gasteiger partial charge on any atom is -0.366 e. The molecule has 0 aliphatic carbocycles. The normalized spacial score (nSPS) is 11.5. The van der Waals surface area contributed by atoms with E-state index in [0.29, 0.717) is 16.2 Å². The summed E-state index contributed by atoms with van der Waals surface area (Å²) in [5, 5.41) is 13.0. The summed E-state index contributed by atoms with van der Waals surface area (Å²) in [6.45, 7) is -0.0596. The van der Waals surface area contributed by atoms with Crippen molar-refractivity contribution in [1.82, 2.24) is 5.32 Å². The molecular formula is C17H17N3O2S2. The van der Waals surface area contributed by atoms with E-state index in [1.54, 1.807) is 23.2 Å². The van der Waals surface area contributed by atoms with E-state index in [0.717, 1.165) is 5.75 Å². The quantitative estimate of drug-likeness (QED) is 0.708. The third-order valence-electron chi connectivity index (χ3n) is 3.33. The molecule has 1 atom stereocenters. The van der Waals surface area contributed by atoms with Gasteiger partial charge in [-0.15, -0.1) is 11.3 Å². The van der Waals surface area contributed by atoms with Gasteiger partial charge in [-0.1, -0.05) is 30.3 Å². The van der Waals surface area contributed by atoms with Crippen molar-refractivity contribution in [2.24, 2.45) is 5.73 Å². The number of hydrogen-bond donors (Lipinski definition) is 2. The highest BCUT2D eigenvalue weighted by molar-refractivity contribution is 7.98. The second-order valence-corrected chi connectivity index (χ2v) is 6.97. The molecule has 0 spiro atoms. The van der Waals surface area contributed by atoms with E-state index in [1.807, 2.05) is 36.4 Å². The van der Waals surface area contributed by atoms with Crippen molar-refractivity contribution in [3.05, 3.63) is 57.8 Å². The number of nitrogens with one attached hydrogen (secondary N) is 1. The van der Waals surface area contributed by atoms with E-state index in [4.69, 9.17) is 11.0 Å². The number of nitrogens with zero attached hydrogens (tertiary/aromatic N) is 1. The first-order valence-corrected chi connectivity index (χ1v) is 9.30. The molecule has 2 amide bonds. The number of nitrogens with two attached hydrogens (primary N) is 1. The maximum absolute atomic E-state index is 12.4. The molecule has 1 aromatic carbocycles. The molecule has 2 rings (SSSR count). The number of rotatable bonds is 8. The zero-order valence-corrected chi connectivity index (χ0v) is 14.5.